The van der Waals surface area contributed by atoms with E-state index in [-0.39, 0.29) is 0 Å². The van der Waals surface area contributed by atoms with Crippen LogP contribution in [0.2, 0.25) is 0 Å². The Hall–Kier alpha value is -7.86. The zero-order chi connectivity index (χ0) is 43.5. The van der Waals surface area contributed by atoms with Gasteiger partial charge in [-0.25, -0.2) is 0 Å². The van der Waals surface area contributed by atoms with E-state index in [1.165, 1.54) is 64.0 Å². The number of furan rings is 2. The third kappa shape index (κ3) is 5.82. The van der Waals surface area contributed by atoms with E-state index in [4.69, 9.17) is 8.83 Å². The third-order valence-electron chi connectivity index (χ3n) is 13.1. The van der Waals surface area contributed by atoms with Crippen LogP contribution in [0.1, 0.15) is 22.3 Å². The minimum Gasteiger partial charge on any atom is -0.454 e. The molecule has 0 saturated carbocycles. The van der Waals surface area contributed by atoms with Crippen molar-refractivity contribution in [3.63, 3.8) is 0 Å². The molecule has 4 nitrogen and oxygen atoms in total. The highest BCUT2D eigenvalue weighted by Crippen LogP contribution is 2.53. The number of benzene rings is 10. The summed E-state index contributed by atoms with van der Waals surface area (Å²) in [5, 5.41) is 11.6. The van der Waals surface area contributed by atoms with E-state index in [1.54, 1.807) is 0 Å². The maximum absolute atomic E-state index is 6.81. The first-order chi connectivity index (χ1) is 31.9. The van der Waals surface area contributed by atoms with Crippen LogP contribution in [0.3, 0.4) is 0 Å². The molecule has 13 aromatic rings. The van der Waals surface area contributed by atoms with Crippen LogP contribution >= 0.6 is 11.3 Å². The average molecular weight is 855 g/mol. The van der Waals surface area contributed by atoms with Crippen molar-refractivity contribution < 1.29 is 8.83 Å². The van der Waals surface area contributed by atoms with E-state index >= 15 is 0 Å². The molecule has 0 atom stereocenters. The molecule has 0 spiro atoms. The van der Waals surface area contributed by atoms with Crippen molar-refractivity contribution in [2.45, 2.75) is 27.7 Å². The number of rotatable bonds is 6. The molecule has 310 valence electrons. The Labute approximate surface area is 379 Å². The Kier molecular flexibility index (Phi) is 8.31. The van der Waals surface area contributed by atoms with Gasteiger partial charge in [0, 0.05) is 74.6 Å². The van der Waals surface area contributed by atoms with Gasteiger partial charge in [0.25, 0.3) is 0 Å². The van der Waals surface area contributed by atoms with E-state index in [2.05, 4.69) is 207 Å². The Balaban J connectivity index is 1.15. The molecule has 0 fully saturated rings. The predicted molar refractivity (Wildman–Crippen MR) is 277 cm³/mol. The second kappa shape index (κ2) is 14.3. The number of thiophene rings is 1. The van der Waals surface area contributed by atoms with Gasteiger partial charge in [0.2, 0.25) is 0 Å². The van der Waals surface area contributed by atoms with Crippen LogP contribution in [-0.4, -0.2) is 0 Å². The van der Waals surface area contributed by atoms with E-state index in [0.717, 1.165) is 78.0 Å². The molecule has 0 N–H and O–H groups in total. The second-order valence-electron chi connectivity index (χ2n) is 17.6. The van der Waals surface area contributed by atoms with Crippen LogP contribution in [0.5, 0.6) is 0 Å². The normalized spacial score (nSPS) is 12.0. The SMILES string of the molecule is Cc1cc(C)cc(N(c2cc3c4cc(N(c5cc(C)cc(C)c5)c5cccc6c5oc5ccccc56)c5ccccc5c4sc3c3ccccc23)c2cccc3c2oc2ccccc23)c1. The van der Waals surface area contributed by atoms with Crippen molar-refractivity contribution in [1.29, 1.82) is 0 Å². The van der Waals surface area contributed by atoms with Gasteiger partial charge < -0.3 is 18.6 Å². The van der Waals surface area contributed by atoms with E-state index < -0.39 is 0 Å². The van der Waals surface area contributed by atoms with Gasteiger partial charge in [0.1, 0.15) is 11.2 Å². The lowest BCUT2D eigenvalue weighted by Gasteiger charge is -2.28. The third-order valence-corrected chi connectivity index (χ3v) is 14.4. The number of anilines is 6. The van der Waals surface area contributed by atoms with Crippen LogP contribution in [0, 0.1) is 27.7 Å². The van der Waals surface area contributed by atoms with Crippen molar-refractivity contribution >= 4 is 131 Å². The first-order valence-electron chi connectivity index (χ1n) is 22.2. The van der Waals surface area contributed by atoms with Gasteiger partial charge in [-0.3, -0.25) is 0 Å². The van der Waals surface area contributed by atoms with E-state index in [0.29, 0.717) is 0 Å². The standard InChI is InChI=1S/C60H42N2O2S/c1-35-27-36(2)30-39(29-35)61(51-23-13-21-45-43-17-9-11-25-55(43)63-57(45)51)53-33-49-50-34-54(42-16-6-8-20-48(42)60(50)65-59(49)47-19-7-5-15-41(47)53)62(40-31-37(3)28-38(4)32-40)52-24-14-22-46-44-18-10-12-26-56(44)64-58(46)52/h5-34H,1-4H3. The monoisotopic (exact) mass is 854 g/mol. The maximum atomic E-state index is 6.81. The fourth-order valence-electron chi connectivity index (χ4n) is 10.5. The molecular weight excluding hydrogens is 813 g/mol. The molecule has 65 heavy (non-hydrogen) atoms. The number of para-hydroxylation sites is 4. The molecule has 0 aliphatic rings. The van der Waals surface area contributed by atoms with Crippen molar-refractivity contribution in [2.24, 2.45) is 0 Å². The van der Waals surface area contributed by atoms with Crippen LogP contribution in [0.25, 0.3) is 85.6 Å². The van der Waals surface area contributed by atoms with Gasteiger partial charge in [0.05, 0.1) is 22.7 Å². The lowest BCUT2D eigenvalue weighted by Crippen LogP contribution is -2.12. The summed E-state index contributed by atoms with van der Waals surface area (Å²) in [5.41, 5.74) is 14.7. The zero-order valence-electron chi connectivity index (χ0n) is 36.4. The fourth-order valence-corrected chi connectivity index (χ4v) is 11.9. The zero-order valence-corrected chi connectivity index (χ0v) is 37.3. The topological polar surface area (TPSA) is 32.8 Å². The molecule has 3 heterocycles. The molecule has 3 aromatic heterocycles. The van der Waals surface area contributed by atoms with Crippen LogP contribution in [0.4, 0.5) is 34.1 Å². The van der Waals surface area contributed by atoms with Crippen LogP contribution < -0.4 is 9.80 Å². The number of aryl methyl sites for hydroxylation is 4. The van der Waals surface area contributed by atoms with E-state index in [1.807, 2.05) is 23.5 Å². The van der Waals surface area contributed by atoms with Crippen LogP contribution in [-0.2, 0) is 0 Å². The number of hydrogen-bond acceptors (Lipinski definition) is 5. The largest absolute Gasteiger partial charge is 0.454 e. The minimum atomic E-state index is 0.865. The smallest absolute Gasteiger partial charge is 0.159 e. The van der Waals surface area contributed by atoms with Gasteiger partial charge in [-0.1, -0.05) is 121 Å². The predicted octanol–water partition coefficient (Wildman–Crippen LogP) is 18.3. The van der Waals surface area contributed by atoms with Crippen LogP contribution in [0.15, 0.2) is 191 Å². The summed E-state index contributed by atoms with van der Waals surface area (Å²) in [4.78, 5) is 4.87. The lowest BCUT2D eigenvalue weighted by molar-refractivity contribution is 0.669. The van der Waals surface area contributed by atoms with Crippen molar-refractivity contribution in [3.05, 3.63) is 204 Å². The van der Waals surface area contributed by atoms with Crippen molar-refractivity contribution in [3.8, 4) is 0 Å². The molecule has 0 amide bonds. The highest BCUT2D eigenvalue weighted by Gasteiger charge is 2.27. The number of nitrogens with zero attached hydrogens (tertiary/aromatic N) is 2. The van der Waals surface area contributed by atoms with Gasteiger partial charge in [-0.15, -0.1) is 11.3 Å². The molecular formula is C60H42N2O2S. The molecule has 0 radical (unpaired) electrons. The summed E-state index contributed by atoms with van der Waals surface area (Å²) in [6, 6.07) is 66.2. The van der Waals surface area contributed by atoms with Gasteiger partial charge in [-0.05, 0) is 111 Å². The highest BCUT2D eigenvalue weighted by atomic mass is 32.1. The molecule has 0 aliphatic carbocycles. The molecule has 0 bridgehead atoms. The van der Waals surface area contributed by atoms with Gasteiger partial charge >= 0.3 is 0 Å². The first kappa shape index (κ1) is 37.7. The molecule has 5 heteroatoms. The van der Waals surface area contributed by atoms with Gasteiger partial charge in [0.15, 0.2) is 11.2 Å². The second-order valence-corrected chi connectivity index (χ2v) is 18.6. The molecule has 0 saturated heterocycles. The summed E-state index contributed by atoms with van der Waals surface area (Å²) >= 11 is 1.89. The Morgan fingerprint density at radius 1 is 0.308 bits per heavy atom. The van der Waals surface area contributed by atoms with Crippen molar-refractivity contribution in [1.82, 2.24) is 0 Å². The molecule has 10 aromatic carbocycles. The number of hydrogen-bond donors (Lipinski definition) is 0. The average Bonchev–Trinajstić information content (AvgIpc) is 4.01. The minimum absolute atomic E-state index is 0.865. The molecule has 13 rings (SSSR count). The lowest BCUT2D eigenvalue weighted by atomic mass is 9.98. The quantitative estimate of drug-likeness (QED) is 0.167. The van der Waals surface area contributed by atoms with Gasteiger partial charge in [-0.2, -0.15) is 0 Å². The Morgan fingerprint density at radius 3 is 1.08 bits per heavy atom. The molecule has 0 aliphatic heterocycles. The highest BCUT2D eigenvalue weighted by molar-refractivity contribution is 7.27. The fraction of sp³-hybridized carbons (Fsp3) is 0.0667. The van der Waals surface area contributed by atoms with E-state index in [9.17, 15) is 0 Å². The summed E-state index contributed by atoms with van der Waals surface area (Å²) < 4.78 is 16.2. The summed E-state index contributed by atoms with van der Waals surface area (Å²) in [5.74, 6) is 0. The first-order valence-corrected chi connectivity index (χ1v) is 23.0. The maximum Gasteiger partial charge on any atom is 0.159 e. The Morgan fingerprint density at radius 2 is 0.662 bits per heavy atom. The Bertz CT molecular complexity index is 3790. The summed E-state index contributed by atoms with van der Waals surface area (Å²) in [7, 11) is 0. The summed E-state index contributed by atoms with van der Waals surface area (Å²) in [6.07, 6.45) is 0. The van der Waals surface area contributed by atoms with Crippen molar-refractivity contribution in [2.75, 3.05) is 9.80 Å². The molecule has 0 unspecified atom stereocenters. The number of fused-ring (bicyclic) bond motifs is 13. The summed E-state index contributed by atoms with van der Waals surface area (Å²) in [6.45, 7) is 8.74.